The average molecular weight is 224 g/mol. The lowest BCUT2D eigenvalue weighted by molar-refractivity contribution is -0.124. The number of rotatable bonds is 4. The van der Waals surface area contributed by atoms with Gasteiger partial charge in [-0.25, -0.2) is 0 Å². The highest BCUT2D eigenvalue weighted by Crippen LogP contribution is 2.23. The molecule has 0 aliphatic carbocycles. The lowest BCUT2D eigenvalue weighted by Crippen LogP contribution is -2.21. The summed E-state index contributed by atoms with van der Waals surface area (Å²) in [6, 6.07) is 4.12. The molecule has 3 heteroatoms. The molecule has 1 aromatic rings. The van der Waals surface area contributed by atoms with Crippen molar-refractivity contribution in [1.82, 2.24) is 0 Å². The van der Waals surface area contributed by atoms with Crippen LogP contribution < -0.4 is 0 Å². The Balaban J connectivity index is 1.82. The molecule has 1 aromatic heterocycles. The number of hydrogen-bond donors (Lipinski definition) is 0. The van der Waals surface area contributed by atoms with Gasteiger partial charge in [0.1, 0.15) is 5.78 Å². The van der Waals surface area contributed by atoms with Gasteiger partial charge < -0.3 is 4.74 Å². The molecule has 2 heterocycles. The summed E-state index contributed by atoms with van der Waals surface area (Å²) in [5.41, 5.74) is 0. The fraction of sp³-hybridized carbons (Fsp3) is 0.583. The molecular formula is C12H16O2S. The molecule has 0 radical (unpaired) electrons. The molecule has 0 N–H and O–H groups in total. The smallest absolute Gasteiger partial charge is 0.139 e. The van der Waals surface area contributed by atoms with E-state index in [0.29, 0.717) is 12.2 Å². The Bertz CT molecular complexity index is 318. The van der Waals surface area contributed by atoms with E-state index in [9.17, 15) is 4.79 Å². The Labute approximate surface area is 94.3 Å². The fourth-order valence-corrected chi connectivity index (χ4v) is 2.75. The Morgan fingerprint density at radius 3 is 3.13 bits per heavy atom. The zero-order valence-electron chi connectivity index (χ0n) is 8.94. The van der Waals surface area contributed by atoms with E-state index in [1.807, 2.05) is 13.0 Å². The van der Waals surface area contributed by atoms with Crippen LogP contribution in [0, 0.1) is 5.92 Å². The van der Waals surface area contributed by atoms with Gasteiger partial charge in [-0.3, -0.25) is 4.79 Å². The summed E-state index contributed by atoms with van der Waals surface area (Å²) in [7, 11) is 0. The highest BCUT2D eigenvalue weighted by atomic mass is 32.1. The molecule has 1 saturated heterocycles. The summed E-state index contributed by atoms with van der Waals surface area (Å²) in [5.74, 6) is 0.512. The SMILES string of the molecule is CC1OCCC1C(=O)CCc1cccs1. The lowest BCUT2D eigenvalue weighted by Gasteiger charge is -2.11. The summed E-state index contributed by atoms with van der Waals surface area (Å²) in [6.07, 6.45) is 2.59. The van der Waals surface area contributed by atoms with Gasteiger partial charge in [0.15, 0.2) is 0 Å². The van der Waals surface area contributed by atoms with E-state index >= 15 is 0 Å². The number of ether oxygens (including phenoxy) is 1. The van der Waals surface area contributed by atoms with Crippen molar-refractivity contribution in [2.24, 2.45) is 5.92 Å². The van der Waals surface area contributed by atoms with Gasteiger partial charge in [0.05, 0.1) is 6.10 Å². The summed E-state index contributed by atoms with van der Waals surface area (Å²) in [6.45, 7) is 2.75. The molecule has 2 nitrogen and oxygen atoms in total. The predicted octanol–water partition coefficient (Wildman–Crippen LogP) is 2.67. The molecule has 2 rings (SSSR count). The molecule has 2 unspecified atom stereocenters. The van der Waals surface area contributed by atoms with Gasteiger partial charge in [-0.1, -0.05) is 6.07 Å². The number of carbonyl (C=O) groups excluding carboxylic acids is 1. The average Bonchev–Trinajstić information content (AvgIpc) is 2.84. The highest BCUT2D eigenvalue weighted by molar-refractivity contribution is 7.09. The molecule has 82 valence electrons. The highest BCUT2D eigenvalue weighted by Gasteiger charge is 2.29. The second-order valence-corrected chi connectivity index (χ2v) is 5.05. The van der Waals surface area contributed by atoms with Crippen molar-refractivity contribution in [3.05, 3.63) is 22.4 Å². The Kier molecular flexibility index (Phi) is 3.54. The Morgan fingerprint density at radius 2 is 2.53 bits per heavy atom. The molecule has 15 heavy (non-hydrogen) atoms. The van der Waals surface area contributed by atoms with Crippen molar-refractivity contribution in [3.8, 4) is 0 Å². The van der Waals surface area contributed by atoms with Crippen LogP contribution in [0.4, 0.5) is 0 Å². The third kappa shape index (κ3) is 2.67. The van der Waals surface area contributed by atoms with Crippen LogP contribution in [0.15, 0.2) is 17.5 Å². The summed E-state index contributed by atoms with van der Waals surface area (Å²) in [5, 5.41) is 2.06. The summed E-state index contributed by atoms with van der Waals surface area (Å²) < 4.78 is 5.41. The summed E-state index contributed by atoms with van der Waals surface area (Å²) >= 11 is 1.72. The first-order valence-electron chi connectivity index (χ1n) is 5.44. The number of thiophene rings is 1. The maximum atomic E-state index is 11.9. The van der Waals surface area contributed by atoms with Crippen molar-refractivity contribution >= 4 is 17.1 Å². The first-order chi connectivity index (χ1) is 7.27. The van der Waals surface area contributed by atoms with E-state index in [1.165, 1.54) is 4.88 Å². The minimum Gasteiger partial charge on any atom is -0.378 e. The molecule has 0 bridgehead atoms. The van der Waals surface area contributed by atoms with Crippen molar-refractivity contribution < 1.29 is 9.53 Å². The molecule has 0 spiro atoms. The minimum atomic E-state index is 0.126. The first-order valence-corrected chi connectivity index (χ1v) is 6.32. The molecule has 1 fully saturated rings. The van der Waals surface area contributed by atoms with Gasteiger partial charge in [0, 0.05) is 23.8 Å². The van der Waals surface area contributed by atoms with Gasteiger partial charge >= 0.3 is 0 Å². The third-order valence-corrected chi connectivity index (χ3v) is 3.92. The van der Waals surface area contributed by atoms with Gasteiger partial charge in [-0.15, -0.1) is 11.3 Å². The maximum absolute atomic E-state index is 11.9. The van der Waals surface area contributed by atoms with Crippen LogP contribution >= 0.6 is 11.3 Å². The standard InChI is InChI=1S/C12H16O2S/c1-9-11(6-7-14-9)12(13)5-4-10-3-2-8-15-10/h2-3,8-9,11H,4-7H2,1H3. The van der Waals surface area contributed by atoms with Crippen molar-refractivity contribution in [2.75, 3.05) is 6.61 Å². The number of Topliss-reactive ketones (excluding diaryl/α,β-unsaturated/α-hetero) is 1. The fourth-order valence-electron chi connectivity index (χ4n) is 2.04. The van der Waals surface area contributed by atoms with Crippen LogP contribution in [0.25, 0.3) is 0 Å². The van der Waals surface area contributed by atoms with Crippen LogP contribution in [0.3, 0.4) is 0 Å². The molecule has 2 atom stereocenters. The zero-order valence-corrected chi connectivity index (χ0v) is 9.76. The molecule has 0 amide bonds. The number of aryl methyl sites for hydroxylation is 1. The van der Waals surface area contributed by atoms with Gasteiger partial charge in [-0.2, -0.15) is 0 Å². The summed E-state index contributed by atoms with van der Waals surface area (Å²) in [4.78, 5) is 13.2. The van der Waals surface area contributed by atoms with Crippen molar-refractivity contribution in [3.63, 3.8) is 0 Å². The zero-order chi connectivity index (χ0) is 10.7. The van der Waals surface area contributed by atoms with Gasteiger partial charge in [0.25, 0.3) is 0 Å². The van der Waals surface area contributed by atoms with Crippen molar-refractivity contribution in [1.29, 1.82) is 0 Å². The van der Waals surface area contributed by atoms with E-state index < -0.39 is 0 Å². The monoisotopic (exact) mass is 224 g/mol. The third-order valence-electron chi connectivity index (χ3n) is 2.99. The van der Waals surface area contributed by atoms with Crippen LogP contribution in [-0.4, -0.2) is 18.5 Å². The molecule has 1 aliphatic heterocycles. The molecule has 0 saturated carbocycles. The molecule has 0 aromatic carbocycles. The minimum absolute atomic E-state index is 0.126. The molecule has 1 aliphatic rings. The predicted molar refractivity (Wildman–Crippen MR) is 61.2 cm³/mol. The van der Waals surface area contributed by atoms with E-state index in [-0.39, 0.29) is 12.0 Å². The normalized spacial score (nSPS) is 25.7. The van der Waals surface area contributed by atoms with Crippen LogP contribution in [0.5, 0.6) is 0 Å². The van der Waals surface area contributed by atoms with Gasteiger partial charge in [-0.05, 0) is 31.2 Å². The van der Waals surface area contributed by atoms with Gasteiger partial charge in [0.2, 0.25) is 0 Å². The van der Waals surface area contributed by atoms with Crippen molar-refractivity contribution in [2.45, 2.75) is 32.3 Å². The van der Waals surface area contributed by atoms with E-state index in [2.05, 4.69) is 11.4 Å². The number of carbonyl (C=O) groups is 1. The van der Waals surface area contributed by atoms with Crippen LogP contribution in [0.2, 0.25) is 0 Å². The largest absolute Gasteiger partial charge is 0.378 e. The van der Waals surface area contributed by atoms with Crippen LogP contribution in [0.1, 0.15) is 24.6 Å². The van der Waals surface area contributed by atoms with Crippen LogP contribution in [-0.2, 0) is 16.0 Å². The Hall–Kier alpha value is -0.670. The number of ketones is 1. The van der Waals surface area contributed by atoms with E-state index in [0.717, 1.165) is 19.4 Å². The second-order valence-electron chi connectivity index (χ2n) is 4.02. The lowest BCUT2D eigenvalue weighted by atomic mass is 9.94. The second kappa shape index (κ2) is 4.90. The topological polar surface area (TPSA) is 26.3 Å². The molecular weight excluding hydrogens is 208 g/mol. The Morgan fingerprint density at radius 1 is 1.67 bits per heavy atom. The maximum Gasteiger partial charge on any atom is 0.139 e. The first kappa shape index (κ1) is 10.8. The van der Waals surface area contributed by atoms with E-state index in [4.69, 9.17) is 4.74 Å². The number of hydrogen-bond acceptors (Lipinski definition) is 3. The van der Waals surface area contributed by atoms with E-state index in [1.54, 1.807) is 11.3 Å². The quantitative estimate of drug-likeness (QED) is 0.786.